The Morgan fingerprint density at radius 1 is 0.789 bits per heavy atom. The highest BCUT2D eigenvalue weighted by atomic mass is 16.7. The van der Waals surface area contributed by atoms with E-state index in [9.17, 15) is 4.79 Å². The molecule has 8 heteroatoms. The standard InChI is InChI=1S/C30H25N3O5/c1-2-31-30(34)22-7-11-24(12-8-22)33-25(10-4-21-6-14-27-29(16-21)38-19-36-27)17-23(32-33)9-3-20-5-13-26-28(15-20)37-18-35-26/h3-17H,2,18-19H2,1H3,(H,31,34)/b9-3+,10-4+. The number of benzene rings is 3. The summed E-state index contributed by atoms with van der Waals surface area (Å²) in [4.78, 5) is 12.2. The lowest BCUT2D eigenvalue weighted by molar-refractivity contribution is 0.0956. The molecule has 8 nitrogen and oxygen atoms in total. The van der Waals surface area contributed by atoms with E-state index in [2.05, 4.69) is 5.32 Å². The number of nitrogens with zero attached hydrogens (tertiary/aromatic N) is 2. The number of aromatic nitrogens is 2. The summed E-state index contributed by atoms with van der Waals surface area (Å²) in [6.45, 7) is 2.95. The average Bonchev–Trinajstić information content (AvgIpc) is 3.70. The maximum absolute atomic E-state index is 12.2. The molecule has 6 rings (SSSR count). The van der Waals surface area contributed by atoms with Crippen LogP contribution in [-0.2, 0) is 0 Å². The van der Waals surface area contributed by atoms with E-state index in [1.54, 1.807) is 12.1 Å². The molecule has 1 amide bonds. The molecular formula is C30H25N3O5. The summed E-state index contributed by atoms with van der Waals surface area (Å²) in [7, 11) is 0. The fraction of sp³-hybridized carbons (Fsp3) is 0.133. The van der Waals surface area contributed by atoms with Crippen LogP contribution in [0.1, 0.15) is 39.8 Å². The lowest BCUT2D eigenvalue weighted by atomic mass is 10.1. The van der Waals surface area contributed by atoms with Crippen molar-refractivity contribution in [2.24, 2.45) is 0 Å². The van der Waals surface area contributed by atoms with Gasteiger partial charge in [0.25, 0.3) is 5.91 Å². The molecule has 0 fully saturated rings. The summed E-state index contributed by atoms with van der Waals surface area (Å²) < 4.78 is 23.7. The Morgan fingerprint density at radius 3 is 2.03 bits per heavy atom. The Balaban J connectivity index is 1.31. The fourth-order valence-electron chi connectivity index (χ4n) is 4.24. The molecule has 2 aliphatic heterocycles. The van der Waals surface area contributed by atoms with Gasteiger partial charge in [0.15, 0.2) is 23.0 Å². The largest absolute Gasteiger partial charge is 0.454 e. The number of amides is 1. The highest BCUT2D eigenvalue weighted by Crippen LogP contribution is 2.34. The molecule has 0 spiro atoms. The van der Waals surface area contributed by atoms with Crippen molar-refractivity contribution in [3.63, 3.8) is 0 Å². The van der Waals surface area contributed by atoms with Crippen LogP contribution in [0.4, 0.5) is 0 Å². The summed E-state index contributed by atoms with van der Waals surface area (Å²) in [6, 6.07) is 21.0. The summed E-state index contributed by atoms with van der Waals surface area (Å²) >= 11 is 0. The second-order valence-corrected chi connectivity index (χ2v) is 8.70. The van der Waals surface area contributed by atoms with Crippen LogP contribution in [0.25, 0.3) is 30.0 Å². The van der Waals surface area contributed by atoms with Gasteiger partial charge in [-0.3, -0.25) is 4.79 Å². The van der Waals surface area contributed by atoms with Crippen LogP contribution < -0.4 is 24.3 Å². The first-order valence-corrected chi connectivity index (χ1v) is 12.3. The Labute approximate surface area is 219 Å². The van der Waals surface area contributed by atoms with Gasteiger partial charge >= 0.3 is 0 Å². The normalized spacial score (nSPS) is 13.5. The monoisotopic (exact) mass is 507 g/mol. The number of carbonyl (C=O) groups excluding carboxylic acids is 1. The summed E-state index contributed by atoms with van der Waals surface area (Å²) in [5, 5.41) is 7.65. The van der Waals surface area contributed by atoms with Crippen molar-refractivity contribution in [2.75, 3.05) is 20.1 Å². The number of hydrogen-bond acceptors (Lipinski definition) is 6. The minimum Gasteiger partial charge on any atom is -0.454 e. The van der Waals surface area contributed by atoms with Crippen molar-refractivity contribution >= 4 is 30.2 Å². The van der Waals surface area contributed by atoms with Crippen molar-refractivity contribution in [2.45, 2.75) is 6.92 Å². The molecule has 0 radical (unpaired) electrons. The van der Waals surface area contributed by atoms with E-state index in [-0.39, 0.29) is 19.5 Å². The number of ether oxygens (including phenoxy) is 4. The molecule has 0 saturated heterocycles. The van der Waals surface area contributed by atoms with Crippen LogP contribution in [-0.4, -0.2) is 35.8 Å². The molecule has 1 aromatic heterocycles. The molecule has 2 aliphatic rings. The van der Waals surface area contributed by atoms with Gasteiger partial charge in [-0.2, -0.15) is 5.10 Å². The van der Waals surface area contributed by atoms with Gasteiger partial charge in [-0.05, 0) is 84.8 Å². The van der Waals surface area contributed by atoms with Crippen LogP contribution >= 0.6 is 0 Å². The first-order chi connectivity index (χ1) is 18.7. The van der Waals surface area contributed by atoms with E-state index < -0.39 is 0 Å². The van der Waals surface area contributed by atoms with E-state index in [1.807, 2.05) is 90.5 Å². The average molecular weight is 508 g/mol. The molecule has 4 aromatic rings. The Morgan fingerprint density at radius 2 is 1.39 bits per heavy atom. The van der Waals surface area contributed by atoms with Crippen molar-refractivity contribution in [3.05, 3.63) is 94.8 Å². The predicted octanol–water partition coefficient (Wildman–Crippen LogP) is 5.42. The molecule has 3 aromatic carbocycles. The molecule has 0 saturated carbocycles. The molecule has 38 heavy (non-hydrogen) atoms. The van der Waals surface area contributed by atoms with Crippen LogP contribution in [0.2, 0.25) is 0 Å². The van der Waals surface area contributed by atoms with Gasteiger partial charge in [-0.1, -0.05) is 24.3 Å². The first kappa shape index (κ1) is 23.4. The summed E-state index contributed by atoms with van der Waals surface area (Å²) in [6.07, 6.45) is 7.94. The van der Waals surface area contributed by atoms with E-state index in [1.165, 1.54) is 0 Å². The summed E-state index contributed by atoms with van der Waals surface area (Å²) in [5.41, 5.74) is 5.05. The number of fused-ring (bicyclic) bond motifs is 2. The molecular weight excluding hydrogens is 482 g/mol. The zero-order chi connectivity index (χ0) is 25.9. The van der Waals surface area contributed by atoms with Gasteiger partial charge in [-0.25, -0.2) is 4.68 Å². The van der Waals surface area contributed by atoms with Gasteiger partial charge in [-0.15, -0.1) is 0 Å². The predicted molar refractivity (Wildman–Crippen MR) is 145 cm³/mol. The van der Waals surface area contributed by atoms with Crippen molar-refractivity contribution < 1.29 is 23.7 Å². The van der Waals surface area contributed by atoms with Gasteiger partial charge in [0.2, 0.25) is 13.6 Å². The number of nitrogens with one attached hydrogen (secondary N) is 1. The van der Waals surface area contributed by atoms with Crippen molar-refractivity contribution in [3.8, 4) is 28.7 Å². The third-order valence-corrected chi connectivity index (χ3v) is 6.15. The molecule has 0 aliphatic carbocycles. The second-order valence-electron chi connectivity index (χ2n) is 8.70. The minimum atomic E-state index is -0.102. The van der Waals surface area contributed by atoms with Gasteiger partial charge in [0.05, 0.1) is 17.1 Å². The van der Waals surface area contributed by atoms with Crippen LogP contribution in [0.5, 0.6) is 23.0 Å². The summed E-state index contributed by atoms with van der Waals surface area (Å²) in [5.74, 6) is 2.86. The third-order valence-electron chi connectivity index (χ3n) is 6.15. The minimum absolute atomic E-state index is 0.102. The molecule has 190 valence electrons. The molecule has 0 bridgehead atoms. The lowest BCUT2D eigenvalue weighted by Crippen LogP contribution is -2.22. The van der Waals surface area contributed by atoms with E-state index in [0.29, 0.717) is 12.1 Å². The number of rotatable bonds is 7. The van der Waals surface area contributed by atoms with E-state index in [0.717, 1.165) is 51.2 Å². The van der Waals surface area contributed by atoms with Crippen LogP contribution in [0, 0.1) is 0 Å². The lowest BCUT2D eigenvalue weighted by Gasteiger charge is -2.07. The Kier molecular flexibility index (Phi) is 6.27. The topological polar surface area (TPSA) is 83.8 Å². The van der Waals surface area contributed by atoms with E-state index in [4.69, 9.17) is 24.0 Å². The third kappa shape index (κ3) is 4.84. The molecule has 0 unspecified atom stereocenters. The Bertz CT molecular complexity index is 1550. The molecule has 0 atom stereocenters. The second kappa shape index (κ2) is 10.2. The van der Waals surface area contributed by atoms with E-state index >= 15 is 0 Å². The van der Waals surface area contributed by atoms with Crippen LogP contribution in [0.3, 0.4) is 0 Å². The fourth-order valence-corrected chi connectivity index (χ4v) is 4.24. The first-order valence-electron chi connectivity index (χ1n) is 12.3. The maximum Gasteiger partial charge on any atom is 0.251 e. The maximum atomic E-state index is 12.2. The van der Waals surface area contributed by atoms with Gasteiger partial charge in [0, 0.05) is 12.1 Å². The number of carbonyl (C=O) groups is 1. The Hall–Kier alpha value is -4.98. The zero-order valence-electron chi connectivity index (χ0n) is 20.7. The molecule has 3 heterocycles. The quantitative estimate of drug-likeness (QED) is 0.360. The highest BCUT2D eigenvalue weighted by Gasteiger charge is 2.14. The number of hydrogen-bond donors (Lipinski definition) is 1. The SMILES string of the molecule is CCNC(=O)c1ccc(-n2nc(/C=C/c3ccc4c(c3)OCO4)cc2/C=C/c2ccc3c(c2)OCO3)cc1. The van der Waals surface area contributed by atoms with Gasteiger partial charge in [0.1, 0.15) is 0 Å². The van der Waals surface area contributed by atoms with Crippen LogP contribution in [0.15, 0.2) is 66.7 Å². The zero-order valence-corrected chi connectivity index (χ0v) is 20.7. The highest BCUT2D eigenvalue weighted by molar-refractivity contribution is 5.94. The molecule has 1 N–H and O–H groups in total. The smallest absolute Gasteiger partial charge is 0.251 e. The van der Waals surface area contributed by atoms with Gasteiger partial charge < -0.3 is 24.3 Å². The van der Waals surface area contributed by atoms with Crippen molar-refractivity contribution in [1.29, 1.82) is 0 Å². The van der Waals surface area contributed by atoms with Crippen molar-refractivity contribution in [1.82, 2.24) is 15.1 Å².